The van der Waals surface area contributed by atoms with Crippen LogP contribution in [-0.4, -0.2) is 9.91 Å². The summed E-state index contributed by atoms with van der Waals surface area (Å²) in [7, 11) is 0. The number of nitrogens with zero attached hydrogens (tertiary/aromatic N) is 2. The van der Waals surface area contributed by atoms with Crippen molar-refractivity contribution in [1.82, 2.24) is 4.98 Å². The Hall–Kier alpha value is -2.14. The molecule has 2 aromatic rings. The molecule has 18 heavy (non-hydrogen) atoms. The lowest BCUT2D eigenvalue weighted by Crippen LogP contribution is -1.92. The van der Waals surface area contributed by atoms with Gasteiger partial charge in [-0.05, 0) is 25.1 Å². The molecule has 0 aliphatic carbocycles. The molecule has 0 saturated carbocycles. The van der Waals surface area contributed by atoms with Crippen molar-refractivity contribution in [1.29, 1.82) is 0 Å². The van der Waals surface area contributed by atoms with Crippen molar-refractivity contribution in [3.63, 3.8) is 0 Å². The highest BCUT2D eigenvalue weighted by atomic mass is 35.5. The second kappa shape index (κ2) is 5.01. The van der Waals surface area contributed by atoms with Gasteiger partial charge in [-0.25, -0.2) is 0 Å². The number of nitro groups is 1. The number of hydrogen-bond acceptors (Lipinski definition) is 4. The third kappa shape index (κ3) is 2.57. The number of ether oxygens (including phenoxy) is 1. The minimum absolute atomic E-state index is 0.0738. The summed E-state index contributed by atoms with van der Waals surface area (Å²) >= 11 is 5.93. The summed E-state index contributed by atoms with van der Waals surface area (Å²) < 4.78 is 5.56. The van der Waals surface area contributed by atoms with Crippen LogP contribution in [-0.2, 0) is 0 Å². The Balaban J connectivity index is 2.30. The molecule has 6 heteroatoms. The molecule has 1 heterocycles. The molecule has 0 radical (unpaired) electrons. The highest BCUT2D eigenvalue weighted by Crippen LogP contribution is 2.32. The van der Waals surface area contributed by atoms with E-state index in [2.05, 4.69) is 4.98 Å². The zero-order valence-corrected chi connectivity index (χ0v) is 10.2. The first kappa shape index (κ1) is 12.3. The van der Waals surface area contributed by atoms with Gasteiger partial charge in [-0.15, -0.1) is 0 Å². The maximum absolute atomic E-state index is 10.6. The van der Waals surface area contributed by atoms with Gasteiger partial charge in [-0.2, -0.15) is 0 Å². The summed E-state index contributed by atoms with van der Waals surface area (Å²) in [4.78, 5) is 14.1. The van der Waals surface area contributed by atoms with E-state index in [1.54, 1.807) is 25.3 Å². The highest BCUT2D eigenvalue weighted by molar-refractivity contribution is 6.32. The normalized spacial score (nSPS) is 10.1. The molecule has 0 unspecified atom stereocenters. The zero-order chi connectivity index (χ0) is 13.1. The Morgan fingerprint density at radius 1 is 1.33 bits per heavy atom. The Morgan fingerprint density at radius 3 is 2.72 bits per heavy atom. The lowest BCUT2D eigenvalue weighted by molar-refractivity contribution is -0.384. The summed E-state index contributed by atoms with van der Waals surface area (Å²) in [6, 6.07) is 7.55. The third-order valence-corrected chi connectivity index (χ3v) is 2.60. The van der Waals surface area contributed by atoms with Gasteiger partial charge in [-0.1, -0.05) is 11.6 Å². The topological polar surface area (TPSA) is 65.3 Å². The molecule has 0 aliphatic heterocycles. The van der Waals surface area contributed by atoms with Gasteiger partial charge in [0, 0.05) is 18.3 Å². The Morgan fingerprint density at radius 2 is 2.11 bits per heavy atom. The molecule has 0 aliphatic rings. The second-order valence-electron chi connectivity index (χ2n) is 3.56. The van der Waals surface area contributed by atoms with Crippen LogP contribution in [0.5, 0.6) is 11.5 Å². The van der Waals surface area contributed by atoms with Gasteiger partial charge < -0.3 is 4.74 Å². The molecule has 1 aromatic carbocycles. The number of hydrogen-bond donors (Lipinski definition) is 0. The SMILES string of the molecule is Cc1ncccc1Oc1ccc([N+](=O)[O-])cc1Cl. The number of non-ortho nitro benzene ring substituents is 1. The molecule has 0 spiro atoms. The molecular weight excluding hydrogens is 256 g/mol. The summed E-state index contributed by atoms with van der Waals surface area (Å²) in [5, 5.41) is 10.8. The van der Waals surface area contributed by atoms with E-state index in [4.69, 9.17) is 16.3 Å². The molecule has 0 saturated heterocycles. The van der Waals surface area contributed by atoms with Crippen LogP contribution in [0.3, 0.4) is 0 Å². The van der Waals surface area contributed by atoms with Crippen molar-refractivity contribution in [2.75, 3.05) is 0 Å². The number of aryl methyl sites for hydroxylation is 1. The van der Waals surface area contributed by atoms with E-state index in [0.29, 0.717) is 17.2 Å². The van der Waals surface area contributed by atoms with Crippen LogP contribution in [0.2, 0.25) is 5.02 Å². The number of aromatic nitrogens is 1. The van der Waals surface area contributed by atoms with Crippen molar-refractivity contribution in [3.05, 3.63) is 57.4 Å². The zero-order valence-electron chi connectivity index (χ0n) is 9.46. The van der Waals surface area contributed by atoms with E-state index in [-0.39, 0.29) is 10.7 Å². The fourth-order valence-electron chi connectivity index (χ4n) is 1.38. The average molecular weight is 265 g/mol. The molecule has 0 amide bonds. The molecule has 2 rings (SSSR count). The second-order valence-corrected chi connectivity index (χ2v) is 3.97. The van der Waals surface area contributed by atoms with Crippen molar-refractivity contribution in [3.8, 4) is 11.5 Å². The molecular formula is C12H9ClN2O3. The summed E-state index contributed by atoms with van der Waals surface area (Å²) in [6.45, 7) is 1.80. The van der Waals surface area contributed by atoms with Gasteiger partial charge >= 0.3 is 0 Å². The van der Waals surface area contributed by atoms with Crippen LogP contribution in [0.15, 0.2) is 36.5 Å². The fraction of sp³-hybridized carbons (Fsp3) is 0.0833. The first-order chi connectivity index (χ1) is 8.58. The molecule has 1 aromatic heterocycles. The summed E-state index contributed by atoms with van der Waals surface area (Å²) in [5.41, 5.74) is 0.641. The minimum Gasteiger partial charge on any atom is -0.454 e. The van der Waals surface area contributed by atoms with Crippen molar-refractivity contribution in [2.24, 2.45) is 0 Å². The largest absolute Gasteiger partial charge is 0.454 e. The quantitative estimate of drug-likeness (QED) is 0.626. The van der Waals surface area contributed by atoms with Gasteiger partial charge in [-0.3, -0.25) is 15.1 Å². The van der Waals surface area contributed by atoms with Gasteiger partial charge in [0.15, 0.2) is 0 Å². The van der Waals surface area contributed by atoms with Gasteiger partial charge in [0.25, 0.3) is 5.69 Å². The van der Waals surface area contributed by atoms with Crippen LogP contribution < -0.4 is 4.74 Å². The first-order valence-electron chi connectivity index (χ1n) is 5.11. The van der Waals surface area contributed by atoms with Gasteiger partial charge in [0.1, 0.15) is 11.5 Å². The predicted octanol–water partition coefficient (Wildman–Crippen LogP) is 3.74. The maximum atomic E-state index is 10.6. The number of pyridine rings is 1. The number of benzene rings is 1. The predicted molar refractivity (Wildman–Crippen MR) is 67.2 cm³/mol. The molecule has 0 bridgehead atoms. The Kier molecular flexibility index (Phi) is 3.43. The lowest BCUT2D eigenvalue weighted by Gasteiger charge is -2.08. The summed E-state index contributed by atoms with van der Waals surface area (Å²) in [6.07, 6.45) is 1.65. The fourth-order valence-corrected chi connectivity index (χ4v) is 1.60. The Labute approximate surface area is 108 Å². The van der Waals surface area contributed by atoms with Gasteiger partial charge in [0.2, 0.25) is 0 Å². The number of halogens is 1. The van der Waals surface area contributed by atoms with E-state index < -0.39 is 4.92 Å². The van der Waals surface area contributed by atoms with Crippen molar-refractivity contribution >= 4 is 17.3 Å². The lowest BCUT2D eigenvalue weighted by atomic mass is 10.3. The van der Waals surface area contributed by atoms with E-state index in [1.807, 2.05) is 0 Å². The molecule has 0 N–H and O–H groups in total. The van der Waals surface area contributed by atoms with Crippen LogP contribution in [0.25, 0.3) is 0 Å². The molecule has 92 valence electrons. The van der Waals surface area contributed by atoms with Crippen LogP contribution in [0.1, 0.15) is 5.69 Å². The summed E-state index contributed by atoms with van der Waals surface area (Å²) in [5.74, 6) is 0.923. The van der Waals surface area contributed by atoms with E-state index >= 15 is 0 Å². The molecule has 5 nitrogen and oxygen atoms in total. The van der Waals surface area contributed by atoms with E-state index in [1.165, 1.54) is 18.2 Å². The molecule has 0 fully saturated rings. The third-order valence-electron chi connectivity index (χ3n) is 2.30. The van der Waals surface area contributed by atoms with Crippen molar-refractivity contribution < 1.29 is 9.66 Å². The van der Waals surface area contributed by atoms with Crippen LogP contribution >= 0.6 is 11.6 Å². The average Bonchev–Trinajstić information content (AvgIpc) is 2.34. The van der Waals surface area contributed by atoms with Crippen molar-refractivity contribution in [2.45, 2.75) is 6.92 Å². The number of rotatable bonds is 3. The standard InChI is InChI=1S/C12H9ClN2O3/c1-8-11(3-2-6-14-8)18-12-5-4-9(15(16)17)7-10(12)13/h2-7H,1H3. The maximum Gasteiger partial charge on any atom is 0.271 e. The van der Waals surface area contributed by atoms with Gasteiger partial charge in [0.05, 0.1) is 15.6 Å². The molecule has 0 atom stereocenters. The van der Waals surface area contributed by atoms with E-state index in [9.17, 15) is 10.1 Å². The minimum atomic E-state index is -0.509. The Bertz CT molecular complexity index is 602. The van der Waals surface area contributed by atoms with E-state index in [0.717, 1.165) is 0 Å². The van der Waals surface area contributed by atoms with Crippen LogP contribution in [0.4, 0.5) is 5.69 Å². The highest BCUT2D eigenvalue weighted by Gasteiger charge is 2.11. The van der Waals surface area contributed by atoms with Crippen LogP contribution in [0, 0.1) is 17.0 Å². The monoisotopic (exact) mass is 264 g/mol. The smallest absolute Gasteiger partial charge is 0.271 e. The first-order valence-corrected chi connectivity index (χ1v) is 5.49. The number of nitro benzene ring substituents is 1.